The molecule has 0 spiro atoms. The lowest BCUT2D eigenvalue weighted by Gasteiger charge is -2.10. The molecule has 0 unspecified atom stereocenters. The van der Waals surface area contributed by atoms with Gasteiger partial charge in [-0.15, -0.1) is 0 Å². The minimum atomic E-state index is -3.62. The van der Waals surface area contributed by atoms with Crippen molar-refractivity contribution in [3.8, 4) is 5.75 Å². The van der Waals surface area contributed by atoms with Gasteiger partial charge in [0.2, 0.25) is 21.9 Å². The Balaban J connectivity index is 1.56. The number of methoxy groups -OCH3 is 1. The summed E-state index contributed by atoms with van der Waals surface area (Å²) in [4.78, 5) is 17.2. The zero-order valence-electron chi connectivity index (χ0n) is 16.9. The number of aryl methyl sites for hydroxylation is 2. The Labute approximate surface area is 175 Å². The first-order valence-electron chi connectivity index (χ1n) is 9.15. The van der Waals surface area contributed by atoms with E-state index in [4.69, 9.17) is 4.74 Å². The molecule has 2 heterocycles. The third-order valence-corrected chi connectivity index (χ3v) is 5.42. The molecule has 158 valence electrons. The van der Waals surface area contributed by atoms with Crippen LogP contribution in [0.4, 0.5) is 17.7 Å². The molecule has 11 heteroatoms. The summed E-state index contributed by atoms with van der Waals surface area (Å²) >= 11 is 0. The van der Waals surface area contributed by atoms with Gasteiger partial charge in [-0.25, -0.2) is 28.1 Å². The second kappa shape index (κ2) is 9.46. The van der Waals surface area contributed by atoms with Gasteiger partial charge in [-0.3, -0.25) is 0 Å². The van der Waals surface area contributed by atoms with Crippen LogP contribution >= 0.6 is 0 Å². The minimum Gasteiger partial charge on any atom is -0.497 e. The normalized spacial score (nSPS) is 11.2. The maximum absolute atomic E-state index is 12.3. The van der Waals surface area contributed by atoms with Crippen molar-refractivity contribution in [3.05, 3.63) is 54.0 Å². The number of benzene rings is 1. The van der Waals surface area contributed by atoms with Crippen molar-refractivity contribution in [1.29, 1.82) is 0 Å². The van der Waals surface area contributed by atoms with Crippen LogP contribution < -0.4 is 20.1 Å². The third kappa shape index (κ3) is 5.84. The van der Waals surface area contributed by atoms with E-state index >= 15 is 0 Å². The SMILES string of the molecule is COc1ccc(S(=O)(=O)NCCNc2nc(C)cc(Nc3ncc(C)cn3)n2)cc1. The van der Waals surface area contributed by atoms with Gasteiger partial charge in [-0.05, 0) is 43.7 Å². The molecule has 0 aliphatic rings. The van der Waals surface area contributed by atoms with Crippen LogP contribution in [0.1, 0.15) is 11.3 Å². The zero-order chi connectivity index (χ0) is 21.6. The molecule has 1 aromatic carbocycles. The quantitative estimate of drug-likeness (QED) is 0.437. The number of hydrogen-bond donors (Lipinski definition) is 3. The highest BCUT2D eigenvalue weighted by atomic mass is 32.2. The van der Waals surface area contributed by atoms with E-state index in [1.54, 1.807) is 30.6 Å². The molecule has 0 saturated carbocycles. The Morgan fingerprint density at radius 2 is 1.67 bits per heavy atom. The molecule has 3 rings (SSSR count). The predicted octanol–water partition coefficient (Wildman–Crippen LogP) is 2.03. The fraction of sp³-hybridized carbons (Fsp3) is 0.263. The smallest absolute Gasteiger partial charge is 0.240 e. The molecule has 0 aliphatic carbocycles. The molecule has 0 aliphatic heterocycles. The van der Waals surface area contributed by atoms with Gasteiger partial charge >= 0.3 is 0 Å². The van der Waals surface area contributed by atoms with E-state index in [1.807, 2.05) is 13.8 Å². The summed E-state index contributed by atoms with van der Waals surface area (Å²) in [6, 6.07) is 7.94. The Hall–Kier alpha value is -3.31. The van der Waals surface area contributed by atoms with Crippen molar-refractivity contribution in [2.24, 2.45) is 0 Å². The Kier molecular flexibility index (Phi) is 6.75. The number of ether oxygens (including phenoxy) is 1. The molecule has 3 aromatic rings. The highest BCUT2D eigenvalue weighted by Gasteiger charge is 2.13. The van der Waals surface area contributed by atoms with Gasteiger partial charge in [-0.1, -0.05) is 0 Å². The van der Waals surface area contributed by atoms with Crippen LogP contribution in [0, 0.1) is 13.8 Å². The van der Waals surface area contributed by atoms with Gasteiger partial charge < -0.3 is 15.4 Å². The molecular formula is C19H23N7O3S. The summed E-state index contributed by atoms with van der Waals surface area (Å²) in [6.07, 6.45) is 3.41. The van der Waals surface area contributed by atoms with E-state index in [0.29, 0.717) is 30.0 Å². The predicted molar refractivity (Wildman–Crippen MR) is 113 cm³/mol. The van der Waals surface area contributed by atoms with Crippen molar-refractivity contribution in [2.45, 2.75) is 18.7 Å². The van der Waals surface area contributed by atoms with Crippen molar-refractivity contribution < 1.29 is 13.2 Å². The van der Waals surface area contributed by atoms with E-state index in [1.165, 1.54) is 19.2 Å². The maximum Gasteiger partial charge on any atom is 0.240 e. The van der Waals surface area contributed by atoms with Crippen molar-refractivity contribution in [2.75, 3.05) is 30.8 Å². The second-order valence-corrected chi connectivity index (χ2v) is 8.19. The second-order valence-electron chi connectivity index (χ2n) is 6.43. The topological polar surface area (TPSA) is 131 Å². The van der Waals surface area contributed by atoms with Gasteiger partial charge in [0, 0.05) is 37.2 Å². The first kappa shape index (κ1) is 21.4. The van der Waals surface area contributed by atoms with E-state index in [0.717, 1.165) is 11.3 Å². The van der Waals surface area contributed by atoms with Crippen LogP contribution in [0.2, 0.25) is 0 Å². The largest absolute Gasteiger partial charge is 0.497 e. The fourth-order valence-electron chi connectivity index (χ4n) is 2.48. The summed E-state index contributed by atoms with van der Waals surface area (Å²) in [7, 11) is -2.09. The molecule has 0 bridgehead atoms. The highest BCUT2D eigenvalue weighted by Crippen LogP contribution is 2.15. The summed E-state index contributed by atoms with van der Waals surface area (Å²) in [5, 5.41) is 6.04. The Morgan fingerprint density at radius 3 is 2.33 bits per heavy atom. The number of nitrogens with zero attached hydrogens (tertiary/aromatic N) is 4. The molecule has 0 saturated heterocycles. The van der Waals surface area contributed by atoms with Crippen molar-refractivity contribution in [1.82, 2.24) is 24.7 Å². The number of rotatable bonds is 9. The first-order chi connectivity index (χ1) is 14.4. The lowest BCUT2D eigenvalue weighted by molar-refractivity contribution is 0.414. The Morgan fingerprint density at radius 1 is 0.967 bits per heavy atom. The van der Waals surface area contributed by atoms with E-state index < -0.39 is 10.0 Å². The van der Waals surface area contributed by atoms with Crippen molar-refractivity contribution >= 4 is 27.7 Å². The molecule has 0 amide bonds. The van der Waals surface area contributed by atoms with Gasteiger partial charge in [0.25, 0.3) is 0 Å². The van der Waals surface area contributed by atoms with Gasteiger partial charge in [0.15, 0.2) is 0 Å². The average Bonchev–Trinajstić information content (AvgIpc) is 2.73. The van der Waals surface area contributed by atoms with Crippen LogP contribution in [-0.2, 0) is 10.0 Å². The lowest BCUT2D eigenvalue weighted by Crippen LogP contribution is -2.29. The molecule has 0 radical (unpaired) electrons. The van der Waals surface area contributed by atoms with Gasteiger partial charge in [0.05, 0.1) is 12.0 Å². The van der Waals surface area contributed by atoms with Crippen molar-refractivity contribution in [3.63, 3.8) is 0 Å². The van der Waals surface area contributed by atoms with E-state index in [-0.39, 0.29) is 11.4 Å². The molecule has 10 nitrogen and oxygen atoms in total. The van der Waals surface area contributed by atoms with Crippen LogP contribution in [0.5, 0.6) is 5.75 Å². The summed E-state index contributed by atoms with van der Waals surface area (Å²) in [5.74, 6) is 1.92. The van der Waals surface area contributed by atoms with Crippen LogP contribution in [0.15, 0.2) is 47.6 Å². The third-order valence-electron chi connectivity index (χ3n) is 3.94. The number of nitrogens with one attached hydrogen (secondary N) is 3. The molecule has 2 aromatic heterocycles. The molecule has 3 N–H and O–H groups in total. The van der Waals surface area contributed by atoms with Crippen LogP contribution in [0.25, 0.3) is 0 Å². The fourth-order valence-corrected chi connectivity index (χ4v) is 3.51. The highest BCUT2D eigenvalue weighted by molar-refractivity contribution is 7.89. The summed E-state index contributed by atoms with van der Waals surface area (Å²) in [5.41, 5.74) is 1.69. The first-order valence-corrected chi connectivity index (χ1v) is 10.6. The molecule has 0 fully saturated rings. The van der Waals surface area contributed by atoms with E-state index in [9.17, 15) is 8.42 Å². The monoisotopic (exact) mass is 429 g/mol. The average molecular weight is 430 g/mol. The summed E-state index contributed by atoms with van der Waals surface area (Å²) < 4.78 is 32.3. The van der Waals surface area contributed by atoms with E-state index in [2.05, 4.69) is 35.3 Å². The lowest BCUT2D eigenvalue weighted by atomic mass is 10.3. The number of anilines is 3. The Bertz CT molecular complexity index is 1090. The van der Waals surface area contributed by atoms with Crippen LogP contribution in [-0.4, -0.2) is 48.6 Å². The maximum atomic E-state index is 12.3. The standard InChI is InChI=1S/C19H23N7O3S/c1-13-11-21-18(22-12-13)25-17-10-14(2)24-19(26-17)20-8-9-23-30(27,28)16-6-4-15(29-3)5-7-16/h4-7,10-12,23H,8-9H2,1-3H3,(H2,20,21,22,24,25,26). The van der Waals surface area contributed by atoms with Gasteiger partial charge in [-0.2, -0.15) is 4.98 Å². The van der Waals surface area contributed by atoms with Gasteiger partial charge in [0.1, 0.15) is 11.6 Å². The molecular weight excluding hydrogens is 406 g/mol. The minimum absolute atomic E-state index is 0.162. The number of sulfonamides is 1. The number of hydrogen-bond acceptors (Lipinski definition) is 9. The zero-order valence-corrected chi connectivity index (χ0v) is 17.7. The molecule has 30 heavy (non-hydrogen) atoms. The van der Waals surface area contributed by atoms with Crippen LogP contribution in [0.3, 0.4) is 0 Å². The summed E-state index contributed by atoms with van der Waals surface area (Å²) in [6.45, 7) is 4.21. The molecule has 0 atom stereocenters. The number of aromatic nitrogens is 4.